The molecule has 3 heterocycles. The van der Waals surface area contributed by atoms with Crippen molar-refractivity contribution in [2.45, 2.75) is 88.8 Å². The normalized spacial score (nSPS) is 35.9. The van der Waals surface area contributed by atoms with E-state index in [-0.39, 0.29) is 50.1 Å². The van der Waals surface area contributed by atoms with E-state index >= 15 is 4.39 Å². The third kappa shape index (κ3) is 4.23. The van der Waals surface area contributed by atoms with E-state index in [9.17, 15) is 37.6 Å². The van der Waals surface area contributed by atoms with E-state index in [1.807, 2.05) is 0 Å². The Morgan fingerprint density at radius 2 is 1.78 bits per heavy atom. The van der Waals surface area contributed by atoms with E-state index in [4.69, 9.17) is 0 Å². The molecule has 0 radical (unpaired) electrons. The molecule has 13 heteroatoms. The molecule has 0 aromatic heterocycles. The summed E-state index contributed by atoms with van der Waals surface area (Å²) in [6.07, 6.45) is -5.75. The summed E-state index contributed by atoms with van der Waals surface area (Å²) < 4.78 is 56.8. The summed E-state index contributed by atoms with van der Waals surface area (Å²) in [6.45, 7) is 4.88. The maximum atomic E-state index is 15.3. The highest BCUT2D eigenvalue weighted by Gasteiger charge is 2.70. The lowest BCUT2D eigenvalue weighted by atomic mass is 9.77. The van der Waals surface area contributed by atoms with Gasteiger partial charge in [0.15, 0.2) is 0 Å². The average molecular weight is 644 g/mol. The Hall–Kier alpha value is -3.69. The Balaban J connectivity index is 1.23. The number of carbonyl (C=O) groups excluding carboxylic acids is 4. The number of likely N-dealkylation sites (tertiary alicyclic amines) is 2. The first-order valence-corrected chi connectivity index (χ1v) is 16.0. The minimum absolute atomic E-state index is 0.0465. The molecule has 9 unspecified atom stereocenters. The molecular formula is C33H37F4N5O4. The zero-order valence-corrected chi connectivity index (χ0v) is 25.9. The van der Waals surface area contributed by atoms with Crippen LogP contribution in [0.3, 0.4) is 0 Å². The van der Waals surface area contributed by atoms with E-state index < -0.39 is 76.3 Å². The SMILES string of the molecule is CC(C)(C)C(NC(=O)C1(C(F)(F)F)CC1)C(=O)N1CC2C3CC(F)C(C3)C2C1C(=O)N1CC2(CC1C#N)C(=O)Nc1ccccc12. The number of nitrogens with one attached hydrogen (secondary N) is 2. The predicted octanol–water partition coefficient (Wildman–Crippen LogP) is 3.70. The molecule has 2 saturated heterocycles. The summed E-state index contributed by atoms with van der Waals surface area (Å²) in [5, 5.41) is 15.5. The van der Waals surface area contributed by atoms with Crippen LogP contribution in [0.5, 0.6) is 0 Å². The van der Waals surface area contributed by atoms with Crippen molar-refractivity contribution in [1.82, 2.24) is 15.1 Å². The lowest BCUT2D eigenvalue weighted by molar-refractivity contribution is -0.193. The summed E-state index contributed by atoms with van der Waals surface area (Å²) in [4.78, 5) is 58.3. The Bertz CT molecular complexity index is 1560. The highest BCUT2D eigenvalue weighted by molar-refractivity contribution is 6.07. The fourth-order valence-corrected chi connectivity index (χ4v) is 9.25. The highest BCUT2D eigenvalue weighted by atomic mass is 19.4. The third-order valence-electron chi connectivity index (χ3n) is 11.8. The molecule has 1 aromatic carbocycles. The summed E-state index contributed by atoms with van der Waals surface area (Å²) >= 11 is 0. The van der Waals surface area contributed by atoms with Gasteiger partial charge in [0.1, 0.15) is 29.7 Å². The molecule has 1 spiro atoms. The standard InChI is InChI=1S/C33H37F4N5O4/c1-30(2,3)25(40-29(46)32(8-9-32)33(35,36)37)27(44)41-14-19-16-10-18(21(34)11-16)23(19)24(41)26(43)42-15-31(12-17(42)13-38)20-6-4-5-7-22(20)39-28(31)45/h4-7,16-19,21,23-25H,8-12,14-15H2,1-3H3,(H,39,45)(H,40,46). The molecule has 2 bridgehead atoms. The quantitative estimate of drug-likeness (QED) is 0.485. The number of nitriles is 1. The Morgan fingerprint density at radius 1 is 1.09 bits per heavy atom. The first-order valence-electron chi connectivity index (χ1n) is 16.0. The van der Waals surface area contributed by atoms with Crippen molar-refractivity contribution in [3.8, 4) is 6.07 Å². The van der Waals surface area contributed by atoms with Gasteiger partial charge in [0, 0.05) is 25.2 Å². The molecule has 3 aliphatic carbocycles. The number of para-hydroxylation sites is 1. The number of carbonyl (C=O) groups is 4. The second kappa shape index (κ2) is 9.91. The molecule has 5 fully saturated rings. The number of alkyl halides is 4. The maximum absolute atomic E-state index is 15.3. The Kier molecular flexibility index (Phi) is 6.66. The molecule has 9 atom stereocenters. The topological polar surface area (TPSA) is 123 Å². The molecule has 46 heavy (non-hydrogen) atoms. The van der Waals surface area contributed by atoms with Crippen LogP contribution in [0.4, 0.5) is 23.2 Å². The third-order valence-corrected chi connectivity index (χ3v) is 11.8. The van der Waals surface area contributed by atoms with E-state index in [2.05, 4.69) is 16.7 Å². The van der Waals surface area contributed by atoms with Crippen LogP contribution in [0.15, 0.2) is 24.3 Å². The molecule has 246 valence electrons. The number of halogens is 4. The monoisotopic (exact) mass is 643 g/mol. The molecule has 3 saturated carbocycles. The van der Waals surface area contributed by atoms with Crippen LogP contribution < -0.4 is 10.6 Å². The van der Waals surface area contributed by atoms with Gasteiger partial charge < -0.3 is 20.4 Å². The van der Waals surface area contributed by atoms with E-state index in [0.717, 1.165) is 0 Å². The van der Waals surface area contributed by atoms with Crippen molar-refractivity contribution in [3.05, 3.63) is 29.8 Å². The lowest BCUT2D eigenvalue weighted by Gasteiger charge is -2.39. The van der Waals surface area contributed by atoms with Gasteiger partial charge in [-0.2, -0.15) is 18.4 Å². The molecule has 6 aliphatic rings. The van der Waals surface area contributed by atoms with Gasteiger partial charge in [-0.15, -0.1) is 0 Å². The van der Waals surface area contributed by atoms with Crippen LogP contribution in [-0.2, 0) is 24.6 Å². The molecular weight excluding hydrogens is 606 g/mol. The fraction of sp³-hybridized carbons (Fsp3) is 0.667. The van der Waals surface area contributed by atoms with Gasteiger partial charge in [-0.25, -0.2) is 4.39 Å². The van der Waals surface area contributed by atoms with Gasteiger partial charge >= 0.3 is 6.18 Å². The molecule has 7 rings (SSSR count). The lowest BCUT2D eigenvalue weighted by Crippen LogP contribution is -2.61. The molecule has 9 nitrogen and oxygen atoms in total. The number of amides is 4. The number of benzene rings is 1. The fourth-order valence-electron chi connectivity index (χ4n) is 9.25. The van der Waals surface area contributed by atoms with Crippen molar-refractivity contribution in [2.75, 3.05) is 18.4 Å². The van der Waals surface area contributed by atoms with Crippen LogP contribution in [0, 0.1) is 45.8 Å². The van der Waals surface area contributed by atoms with Gasteiger partial charge in [0.25, 0.3) is 0 Å². The average Bonchev–Trinajstić information content (AvgIpc) is 3.24. The molecule has 2 N–H and O–H groups in total. The number of anilines is 1. The predicted molar refractivity (Wildman–Crippen MR) is 155 cm³/mol. The molecule has 3 aliphatic heterocycles. The first-order chi connectivity index (χ1) is 21.5. The number of nitrogens with zero attached hydrogens (tertiary/aromatic N) is 3. The zero-order chi connectivity index (χ0) is 33.1. The summed E-state index contributed by atoms with van der Waals surface area (Å²) in [7, 11) is 0. The van der Waals surface area contributed by atoms with Crippen LogP contribution in [0.2, 0.25) is 0 Å². The van der Waals surface area contributed by atoms with Crippen LogP contribution >= 0.6 is 0 Å². The number of hydrogen-bond acceptors (Lipinski definition) is 5. The second-order valence-corrected chi connectivity index (χ2v) is 15.3. The molecule has 1 aromatic rings. The van der Waals surface area contributed by atoms with E-state index in [0.29, 0.717) is 24.1 Å². The summed E-state index contributed by atoms with van der Waals surface area (Å²) in [5.41, 5.74) is -3.48. The van der Waals surface area contributed by atoms with Gasteiger partial charge in [0.05, 0.1) is 11.5 Å². The zero-order valence-electron chi connectivity index (χ0n) is 25.9. The smallest absolute Gasteiger partial charge is 0.343 e. The highest BCUT2D eigenvalue weighted by Crippen LogP contribution is 2.60. The van der Waals surface area contributed by atoms with Crippen LogP contribution in [0.1, 0.15) is 58.4 Å². The van der Waals surface area contributed by atoms with Gasteiger partial charge in [-0.05, 0) is 66.4 Å². The maximum Gasteiger partial charge on any atom is 0.403 e. The number of fused-ring (bicyclic) bond motifs is 7. The van der Waals surface area contributed by atoms with Crippen molar-refractivity contribution in [2.24, 2.45) is 34.5 Å². The number of rotatable bonds is 4. The summed E-state index contributed by atoms with van der Waals surface area (Å²) in [5.74, 6) is -4.18. The van der Waals surface area contributed by atoms with Crippen LogP contribution in [-0.4, -0.2) is 77.0 Å². The summed E-state index contributed by atoms with van der Waals surface area (Å²) in [6, 6.07) is 5.66. The van der Waals surface area contributed by atoms with Gasteiger partial charge in [0.2, 0.25) is 23.6 Å². The minimum atomic E-state index is -4.77. The Labute approximate surface area is 264 Å². The largest absolute Gasteiger partial charge is 0.403 e. The minimum Gasteiger partial charge on any atom is -0.343 e. The Morgan fingerprint density at radius 3 is 2.41 bits per heavy atom. The van der Waals surface area contributed by atoms with E-state index in [1.54, 1.807) is 45.0 Å². The van der Waals surface area contributed by atoms with Crippen molar-refractivity contribution in [3.63, 3.8) is 0 Å². The second-order valence-electron chi connectivity index (χ2n) is 15.3. The van der Waals surface area contributed by atoms with Crippen molar-refractivity contribution < 1.29 is 36.7 Å². The number of hydrogen-bond donors (Lipinski definition) is 2. The van der Waals surface area contributed by atoms with Gasteiger partial charge in [-0.3, -0.25) is 19.2 Å². The first kappa shape index (κ1) is 30.9. The van der Waals surface area contributed by atoms with Crippen molar-refractivity contribution in [1.29, 1.82) is 5.26 Å². The van der Waals surface area contributed by atoms with E-state index in [1.165, 1.54) is 9.80 Å². The van der Waals surface area contributed by atoms with Crippen molar-refractivity contribution >= 4 is 29.3 Å². The van der Waals surface area contributed by atoms with Gasteiger partial charge in [-0.1, -0.05) is 39.0 Å². The molecule has 4 amide bonds. The van der Waals surface area contributed by atoms with Crippen LogP contribution in [0.25, 0.3) is 0 Å².